The number of rotatable bonds is 2. The second kappa shape index (κ2) is 3.28. The number of hydrogen-bond donors (Lipinski definition) is 0. The van der Waals surface area contributed by atoms with Crippen LogP contribution in [0, 0.1) is 6.92 Å². The van der Waals surface area contributed by atoms with Gasteiger partial charge in [-0.3, -0.25) is 4.79 Å². The van der Waals surface area contributed by atoms with Crippen molar-refractivity contribution >= 4 is 27.9 Å². The van der Waals surface area contributed by atoms with Crippen molar-refractivity contribution in [2.75, 3.05) is 0 Å². The number of aryl methyl sites for hydroxylation is 1. The number of nitrogens with zero attached hydrogens (tertiary/aromatic N) is 2. The van der Waals surface area contributed by atoms with Gasteiger partial charge < -0.3 is 9.05 Å². The molecule has 0 saturated carbocycles. The first-order chi connectivity index (χ1) is 7.81. The number of hydrogen-bond acceptors (Lipinski definition) is 6. The largest absolute Gasteiger partial charge is 0.364 e. The summed E-state index contributed by atoms with van der Waals surface area (Å²) in [5.74, 6) is 0. The van der Waals surface area contributed by atoms with E-state index in [4.69, 9.17) is 9.05 Å². The predicted molar refractivity (Wildman–Crippen MR) is 57.5 cm³/mol. The predicted octanol–water partition coefficient (Wildman–Crippen LogP) is 2.67. The number of carbonyl (C=O) groups excluding carboxylic acids is 1. The molecule has 0 fully saturated rings. The van der Waals surface area contributed by atoms with Crippen LogP contribution in [0.1, 0.15) is 15.2 Å². The van der Waals surface area contributed by atoms with E-state index < -0.39 is 0 Å². The molecule has 0 saturated heterocycles. The van der Waals surface area contributed by atoms with Crippen LogP contribution in [0.5, 0.6) is 0 Å². The lowest BCUT2D eigenvalue weighted by atomic mass is 10.2. The van der Waals surface area contributed by atoms with Crippen LogP contribution in [-0.4, -0.2) is 16.6 Å². The molecule has 0 radical (unpaired) electrons. The quantitative estimate of drug-likeness (QED) is 0.637. The van der Waals surface area contributed by atoms with Gasteiger partial charge >= 0.3 is 0 Å². The lowest BCUT2D eigenvalue weighted by Gasteiger charge is -1.84. The summed E-state index contributed by atoms with van der Waals surface area (Å²) in [5.41, 5.74) is 2.31. The molecular weight excluding hydrogens is 228 g/mol. The van der Waals surface area contributed by atoms with E-state index in [1.165, 1.54) is 17.6 Å². The van der Waals surface area contributed by atoms with Gasteiger partial charge in [-0.05, 0) is 6.92 Å². The number of thiophene rings is 1. The van der Waals surface area contributed by atoms with Crippen molar-refractivity contribution < 1.29 is 13.8 Å². The van der Waals surface area contributed by atoms with Crippen LogP contribution in [0.2, 0.25) is 0 Å². The number of aldehydes is 1. The van der Waals surface area contributed by atoms with Crippen molar-refractivity contribution in [2.24, 2.45) is 0 Å². The Hall–Kier alpha value is -1.95. The number of aromatic nitrogens is 2. The van der Waals surface area contributed by atoms with E-state index >= 15 is 0 Å². The SMILES string of the molecule is Cc1sc2c(-c3ccon3)noc2c1C=O. The first kappa shape index (κ1) is 9.29. The van der Waals surface area contributed by atoms with Crippen LogP contribution >= 0.6 is 11.3 Å². The summed E-state index contributed by atoms with van der Waals surface area (Å²) in [6.45, 7) is 1.87. The zero-order chi connectivity index (χ0) is 11.1. The molecule has 0 aromatic carbocycles. The zero-order valence-corrected chi connectivity index (χ0v) is 9.08. The Kier molecular flexibility index (Phi) is 1.90. The molecule has 5 nitrogen and oxygen atoms in total. The Morgan fingerprint density at radius 1 is 1.44 bits per heavy atom. The van der Waals surface area contributed by atoms with Crippen LogP contribution < -0.4 is 0 Å². The standard InChI is InChI=1S/C10H6N2O3S/c1-5-6(4-13)9-10(16-5)8(12-15-9)7-2-3-14-11-7/h2-4H,1H3. The summed E-state index contributed by atoms with van der Waals surface area (Å²) in [6, 6.07) is 1.70. The van der Waals surface area contributed by atoms with E-state index in [-0.39, 0.29) is 0 Å². The third kappa shape index (κ3) is 1.13. The molecule has 0 aliphatic carbocycles. The lowest BCUT2D eigenvalue weighted by Crippen LogP contribution is -1.76. The molecule has 16 heavy (non-hydrogen) atoms. The average Bonchev–Trinajstić information content (AvgIpc) is 2.92. The van der Waals surface area contributed by atoms with Gasteiger partial charge in [0.15, 0.2) is 17.6 Å². The molecule has 0 atom stereocenters. The number of carbonyl (C=O) groups is 1. The summed E-state index contributed by atoms with van der Waals surface area (Å²) in [4.78, 5) is 11.8. The smallest absolute Gasteiger partial charge is 0.189 e. The van der Waals surface area contributed by atoms with Crippen LogP contribution in [0.25, 0.3) is 21.7 Å². The molecule has 0 amide bonds. The zero-order valence-electron chi connectivity index (χ0n) is 8.26. The summed E-state index contributed by atoms with van der Waals surface area (Å²) in [5, 5.41) is 7.70. The highest BCUT2D eigenvalue weighted by atomic mass is 32.1. The molecule has 0 spiro atoms. The molecular formula is C10H6N2O3S. The van der Waals surface area contributed by atoms with Crippen molar-refractivity contribution in [3.05, 3.63) is 22.8 Å². The van der Waals surface area contributed by atoms with E-state index in [9.17, 15) is 4.79 Å². The van der Waals surface area contributed by atoms with E-state index in [2.05, 4.69) is 10.3 Å². The first-order valence-electron chi connectivity index (χ1n) is 4.56. The highest BCUT2D eigenvalue weighted by molar-refractivity contribution is 7.19. The Morgan fingerprint density at radius 3 is 3.00 bits per heavy atom. The molecule has 0 unspecified atom stereocenters. The lowest BCUT2D eigenvalue weighted by molar-refractivity contribution is 0.112. The second-order valence-electron chi connectivity index (χ2n) is 3.26. The molecule has 0 N–H and O–H groups in total. The Labute approximate surface area is 93.6 Å². The third-order valence-electron chi connectivity index (χ3n) is 2.33. The third-order valence-corrected chi connectivity index (χ3v) is 3.44. The van der Waals surface area contributed by atoms with Crippen LogP contribution in [0.4, 0.5) is 0 Å². The fourth-order valence-corrected chi connectivity index (χ4v) is 2.59. The summed E-state index contributed by atoms with van der Waals surface area (Å²) in [7, 11) is 0. The summed E-state index contributed by atoms with van der Waals surface area (Å²) in [6.07, 6.45) is 2.25. The monoisotopic (exact) mass is 234 g/mol. The van der Waals surface area contributed by atoms with E-state index in [1.807, 2.05) is 6.92 Å². The molecule has 6 heteroatoms. The normalized spacial score (nSPS) is 11.1. The van der Waals surface area contributed by atoms with Crippen LogP contribution in [0.15, 0.2) is 21.4 Å². The van der Waals surface area contributed by atoms with Crippen molar-refractivity contribution in [2.45, 2.75) is 6.92 Å². The fourth-order valence-electron chi connectivity index (χ4n) is 1.55. The van der Waals surface area contributed by atoms with Crippen molar-refractivity contribution in [3.63, 3.8) is 0 Å². The summed E-state index contributed by atoms with van der Waals surface area (Å²) < 4.78 is 10.7. The molecule has 3 aromatic rings. The minimum Gasteiger partial charge on any atom is -0.364 e. The molecule has 0 aliphatic heterocycles. The maximum absolute atomic E-state index is 10.9. The summed E-state index contributed by atoms with van der Waals surface area (Å²) >= 11 is 1.47. The van der Waals surface area contributed by atoms with Gasteiger partial charge in [-0.1, -0.05) is 10.3 Å². The molecule has 3 heterocycles. The van der Waals surface area contributed by atoms with Gasteiger partial charge in [-0.15, -0.1) is 11.3 Å². The van der Waals surface area contributed by atoms with Gasteiger partial charge in [0.1, 0.15) is 16.7 Å². The molecule has 3 aromatic heterocycles. The Bertz CT molecular complexity index is 651. The maximum Gasteiger partial charge on any atom is 0.189 e. The van der Waals surface area contributed by atoms with E-state index in [0.29, 0.717) is 22.5 Å². The van der Waals surface area contributed by atoms with Gasteiger partial charge in [-0.25, -0.2) is 0 Å². The highest BCUT2D eigenvalue weighted by Crippen LogP contribution is 2.36. The number of fused-ring (bicyclic) bond motifs is 1. The Morgan fingerprint density at radius 2 is 2.31 bits per heavy atom. The maximum atomic E-state index is 10.9. The molecule has 3 rings (SSSR count). The first-order valence-corrected chi connectivity index (χ1v) is 5.37. The highest BCUT2D eigenvalue weighted by Gasteiger charge is 2.19. The molecule has 0 bridgehead atoms. The van der Waals surface area contributed by atoms with Gasteiger partial charge in [-0.2, -0.15) is 0 Å². The second-order valence-corrected chi connectivity index (χ2v) is 4.49. The average molecular weight is 234 g/mol. The van der Waals surface area contributed by atoms with Gasteiger partial charge in [0, 0.05) is 10.9 Å². The van der Waals surface area contributed by atoms with Crippen LogP contribution in [0.3, 0.4) is 0 Å². The molecule has 80 valence electrons. The molecule has 0 aliphatic rings. The van der Waals surface area contributed by atoms with Gasteiger partial charge in [0.05, 0.1) is 5.56 Å². The van der Waals surface area contributed by atoms with Gasteiger partial charge in [0.25, 0.3) is 0 Å². The van der Waals surface area contributed by atoms with Gasteiger partial charge in [0.2, 0.25) is 0 Å². The van der Waals surface area contributed by atoms with Crippen molar-refractivity contribution in [1.82, 2.24) is 10.3 Å². The van der Waals surface area contributed by atoms with E-state index in [1.54, 1.807) is 6.07 Å². The minimum absolute atomic E-state index is 0.524. The van der Waals surface area contributed by atoms with E-state index in [0.717, 1.165) is 15.9 Å². The minimum atomic E-state index is 0.524. The topological polar surface area (TPSA) is 69.1 Å². The fraction of sp³-hybridized carbons (Fsp3) is 0.100. The van der Waals surface area contributed by atoms with Crippen molar-refractivity contribution in [3.8, 4) is 11.4 Å². The van der Waals surface area contributed by atoms with Crippen molar-refractivity contribution in [1.29, 1.82) is 0 Å². The Balaban J connectivity index is 2.33. The van der Waals surface area contributed by atoms with Crippen LogP contribution in [-0.2, 0) is 0 Å².